The van der Waals surface area contributed by atoms with Crippen molar-refractivity contribution in [1.82, 2.24) is 9.97 Å². The number of hydrogen-bond acceptors (Lipinski definition) is 9. The predicted molar refractivity (Wildman–Crippen MR) is 133 cm³/mol. The minimum Gasteiger partial charge on any atom is -0.495 e. The number of carbonyl (C=O) groups is 1. The summed E-state index contributed by atoms with van der Waals surface area (Å²) in [5.74, 6) is 2.57. The van der Waals surface area contributed by atoms with Gasteiger partial charge in [0.05, 0.1) is 27.0 Å². The number of nitrogen functional groups attached to an aromatic ring is 2. The van der Waals surface area contributed by atoms with E-state index in [0.717, 1.165) is 22.1 Å². The molecule has 5 N–H and O–H groups in total. The molecule has 182 valence electrons. The van der Waals surface area contributed by atoms with Gasteiger partial charge in [-0.05, 0) is 35.4 Å². The Morgan fingerprint density at radius 2 is 1.77 bits per heavy atom. The minimum atomic E-state index is -0.172. The van der Waals surface area contributed by atoms with Crippen LogP contribution in [0.15, 0.2) is 40.9 Å². The smallest absolute Gasteiger partial charge is 0.221 e. The molecule has 0 aliphatic carbocycles. The van der Waals surface area contributed by atoms with Gasteiger partial charge in [0.25, 0.3) is 0 Å². The zero-order chi connectivity index (χ0) is 25.1. The lowest BCUT2D eigenvalue weighted by atomic mass is 10.0. The van der Waals surface area contributed by atoms with Crippen molar-refractivity contribution in [3.8, 4) is 17.2 Å². The third-order valence-corrected chi connectivity index (χ3v) is 5.54. The number of methoxy groups -OCH3 is 3. The maximum Gasteiger partial charge on any atom is 0.221 e. The molecule has 0 spiro atoms. The lowest BCUT2D eigenvalue weighted by molar-refractivity contribution is -0.114. The maximum absolute atomic E-state index is 11.4. The second-order valence-corrected chi connectivity index (χ2v) is 7.93. The average molecular weight is 478 g/mol. The number of anilines is 3. The molecule has 4 rings (SSSR count). The molecule has 4 aromatic rings. The quantitative estimate of drug-likeness (QED) is 0.346. The van der Waals surface area contributed by atoms with Crippen molar-refractivity contribution in [2.45, 2.75) is 19.8 Å². The number of ether oxygens (including phenoxy) is 3. The van der Waals surface area contributed by atoms with Gasteiger partial charge in [0.15, 0.2) is 11.3 Å². The van der Waals surface area contributed by atoms with Crippen LogP contribution >= 0.6 is 0 Å². The molecule has 0 fully saturated rings. The molecule has 35 heavy (non-hydrogen) atoms. The Bertz CT molecular complexity index is 1400. The summed E-state index contributed by atoms with van der Waals surface area (Å²) in [4.78, 5) is 19.6. The molecule has 0 radical (unpaired) electrons. The number of nitrogens with zero attached hydrogens (tertiary/aromatic N) is 2. The molecule has 0 saturated heterocycles. The molecule has 2 heterocycles. The topological polar surface area (TPSA) is 148 Å². The van der Waals surface area contributed by atoms with Crippen LogP contribution in [0.1, 0.15) is 29.4 Å². The number of nitrogens with two attached hydrogens (primary N) is 2. The van der Waals surface area contributed by atoms with E-state index in [0.29, 0.717) is 52.9 Å². The van der Waals surface area contributed by atoms with Gasteiger partial charge in [-0.25, -0.2) is 4.98 Å². The Morgan fingerprint density at radius 3 is 2.43 bits per heavy atom. The number of furan rings is 1. The molecular formula is C25H27N5O5. The van der Waals surface area contributed by atoms with Gasteiger partial charge in [0.1, 0.15) is 17.3 Å². The number of amides is 1. The number of nitrogens with one attached hydrogen (secondary N) is 1. The van der Waals surface area contributed by atoms with E-state index in [1.165, 1.54) is 6.92 Å². The molecule has 0 aliphatic rings. The summed E-state index contributed by atoms with van der Waals surface area (Å²) in [6.45, 7) is 1.45. The van der Waals surface area contributed by atoms with Gasteiger partial charge in [-0.1, -0.05) is 6.07 Å². The van der Waals surface area contributed by atoms with Crippen molar-refractivity contribution in [3.63, 3.8) is 0 Å². The Balaban J connectivity index is 1.75. The lowest BCUT2D eigenvalue weighted by Gasteiger charge is -2.12. The van der Waals surface area contributed by atoms with E-state index in [4.69, 9.17) is 30.1 Å². The fourth-order valence-corrected chi connectivity index (χ4v) is 3.96. The molecule has 0 saturated carbocycles. The van der Waals surface area contributed by atoms with Gasteiger partial charge in [-0.15, -0.1) is 0 Å². The number of aromatic nitrogens is 2. The zero-order valence-electron chi connectivity index (χ0n) is 20.0. The zero-order valence-corrected chi connectivity index (χ0v) is 20.0. The van der Waals surface area contributed by atoms with Gasteiger partial charge in [-0.3, -0.25) is 4.79 Å². The van der Waals surface area contributed by atoms with Crippen LogP contribution in [0.5, 0.6) is 17.2 Å². The van der Waals surface area contributed by atoms with Crippen molar-refractivity contribution in [3.05, 3.63) is 59.0 Å². The molecule has 10 heteroatoms. The lowest BCUT2D eigenvalue weighted by Crippen LogP contribution is -2.07. The van der Waals surface area contributed by atoms with E-state index < -0.39 is 0 Å². The average Bonchev–Trinajstić information content (AvgIpc) is 3.24. The number of benzene rings is 2. The first-order valence-corrected chi connectivity index (χ1v) is 10.8. The predicted octanol–water partition coefficient (Wildman–Crippen LogP) is 3.55. The highest BCUT2D eigenvalue weighted by molar-refractivity contribution is 5.91. The molecule has 0 unspecified atom stereocenters. The molecule has 0 atom stereocenters. The SMILES string of the molecule is COc1cc(Cc2cc3c(Cc4cnc(N)nc4N)cc(OC)c(OC)c3o2)ccc1NC(C)=O. The maximum atomic E-state index is 11.4. The Kier molecular flexibility index (Phi) is 6.63. The van der Waals surface area contributed by atoms with Crippen LogP contribution in [0.25, 0.3) is 11.0 Å². The minimum absolute atomic E-state index is 0.120. The number of hydrogen-bond donors (Lipinski definition) is 3. The molecule has 2 aromatic heterocycles. The fraction of sp³-hybridized carbons (Fsp3) is 0.240. The first-order valence-electron chi connectivity index (χ1n) is 10.8. The summed E-state index contributed by atoms with van der Waals surface area (Å²) in [7, 11) is 4.69. The molecule has 0 aliphatic heterocycles. The van der Waals surface area contributed by atoms with Crippen LogP contribution in [0, 0.1) is 0 Å². The third kappa shape index (κ3) is 4.91. The largest absolute Gasteiger partial charge is 0.495 e. The summed E-state index contributed by atoms with van der Waals surface area (Å²) in [6, 6.07) is 9.43. The number of fused-ring (bicyclic) bond motifs is 1. The van der Waals surface area contributed by atoms with Gasteiger partial charge < -0.3 is 35.4 Å². The van der Waals surface area contributed by atoms with Gasteiger partial charge in [0, 0.05) is 36.9 Å². The number of rotatable bonds is 8. The van der Waals surface area contributed by atoms with Crippen molar-refractivity contribution < 1.29 is 23.4 Å². The Labute approximate surface area is 202 Å². The molecular weight excluding hydrogens is 450 g/mol. The summed E-state index contributed by atoms with van der Waals surface area (Å²) < 4.78 is 22.8. The monoisotopic (exact) mass is 477 g/mol. The Morgan fingerprint density at radius 1 is 1.00 bits per heavy atom. The normalized spacial score (nSPS) is 10.9. The van der Waals surface area contributed by atoms with E-state index >= 15 is 0 Å². The van der Waals surface area contributed by atoms with E-state index in [1.54, 1.807) is 33.6 Å². The first-order chi connectivity index (χ1) is 16.8. The second kappa shape index (κ2) is 9.80. The molecule has 0 bridgehead atoms. The van der Waals surface area contributed by atoms with Crippen LogP contribution in [0.4, 0.5) is 17.5 Å². The summed E-state index contributed by atoms with van der Waals surface area (Å²) in [6.07, 6.45) is 2.55. The third-order valence-electron chi connectivity index (χ3n) is 5.54. The van der Waals surface area contributed by atoms with Crippen LogP contribution in [0.2, 0.25) is 0 Å². The van der Waals surface area contributed by atoms with Crippen molar-refractivity contribution >= 4 is 34.3 Å². The van der Waals surface area contributed by atoms with E-state index in [1.807, 2.05) is 24.3 Å². The summed E-state index contributed by atoms with van der Waals surface area (Å²) in [5.41, 5.74) is 15.5. The second-order valence-electron chi connectivity index (χ2n) is 7.93. The summed E-state index contributed by atoms with van der Waals surface area (Å²) in [5, 5.41) is 3.61. The van der Waals surface area contributed by atoms with E-state index in [9.17, 15) is 4.79 Å². The highest BCUT2D eigenvalue weighted by atomic mass is 16.5. The number of carbonyl (C=O) groups excluding carboxylic acids is 1. The highest BCUT2D eigenvalue weighted by Crippen LogP contribution is 2.41. The highest BCUT2D eigenvalue weighted by Gasteiger charge is 2.20. The van der Waals surface area contributed by atoms with Gasteiger partial charge >= 0.3 is 0 Å². The first kappa shape index (κ1) is 23.7. The Hall–Kier alpha value is -4.47. The van der Waals surface area contributed by atoms with E-state index in [-0.39, 0.29) is 11.9 Å². The van der Waals surface area contributed by atoms with E-state index in [2.05, 4.69) is 15.3 Å². The molecule has 1 amide bonds. The summed E-state index contributed by atoms with van der Waals surface area (Å²) >= 11 is 0. The van der Waals surface area contributed by atoms with Crippen molar-refractivity contribution in [1.29, 1.82) is 0 Å². The fourth-order valence-electron chi connectivity index (χ4n) is 3.96. The van der Waals surface area contributed by atoms with Crippen LogP contribution in [-0.4, -0.2) is 37.2 Å². The van der Waals surface area contributed by atoms with Crippen LogP contribution < -0.4 is 31.0 Å². The van der Waals surface area contributed by atoms with Gasteiger partial charge in [0.2, 0.25) is 17.6 Å². The van der Waals surface area contributed by atoms with Crippen molar-refractivity contribution in [2.75, 3.05) is 38.1 Å². The van der Waals surface area contributed by atoms with Crippen molar-refractivity contribution in [2.24, 2.45) is 0 Å². The van der Waals surface area contributed by atoms with Crippen LogP contribution in [-0.2, 0) is 17.6 Å². The van der Waals surface area contributed by atoms with Crippen LogP contribution in [0.3, 0.4) is 0 Å². The van der Waals surface area contributed by atoms with Gasteiger partial charge in [-0.2, -0.15) is 4.98 Å². The molecule has 2 aromatic carbocycles. The standard InChI is InChI=1S/C25H27N5O5/c1-13(31)29-19-6-5-14(8-20(19)32-2)7-17-11-18-15(9-16-12-28-25(27)30-24(16)26)10-21(33-3)23(34-4)22(18)35-17/h5-6,8,10-12H,7,9H2,1-4H3,(H,29,31)(H4,26,27,28,30). The molecule has 10 nitrogen and oxygen atoms in total.